The van der Waals surface area contributed by atoms with Crippen LogP contribution in [-0.2, 0) is 9.53 Å². The summed E-state index contributed by atoms with van der Waals surface area (Å²) in [6.45, 7) is 0.729. The molecule has 0 unspecified atom stereocenters. The van der Waals surface area contributed by atoms with Crippen molar-refractivity contribution in [2.75, 3.05) is 20.2 Å². The molecule has 3 rings (SSSR count). The third-order valence-electron chi connectivity index (χ3n) is 3.96. The molecule has 1 aliphatic rings. The summed E-state index contributed by atoms with van der Waals surface area (Å²) in [6.07, 6.45) is 0. The lowest BCUT2D eigenvalue weighted by Crippen LogP contribution is -2.35. The minimum absolute atomic E-state index is 0.244. The Morgan fingerprint density at radius 1 is 1.17 bits per heavy atom. The molecule has 4 nitrogen and oxygen atoms in total. The molecule has 0 saturated heterocycles. The van der Waals surface area contributed by atoms with Gasteiger partial charge in [0.1, 0.15) is 12.5 Å². The number of ether oxygens (including phenoxy) is 1. The summed E-state index contributed by atoms with van der Waals surface area (Å²) in [5.41, 5.74) is 7.52. The number of fused-ring (bicyclic) bond motifs is 2. The van der Waals surface area contributed by atoms with Gasteiger partial charge in [0.05, 0.1) is 6.54 Å². The van der Waals surface area contributed by atoms with Gasteiger partial charge in [0.2, 0.25) is 0 Å². The average molecular weight is 358 g/mol. The Morgan fingerprint density at radius 2 is 1.71 bits per heavy atom. The van der Waals surface area contributed by atoms with Gasteiger partial charge >= 0.3 is 5.97 Å². The number of carbonyl (C=O) groups excluding carboxylic acids is 1. The Kier molecular flexibility index (Phi) is 5.06. The van der Waals surface area contributed by atoms with Gasteiger partial charge in [-0.3, -0.25) is 4.79 Å². The second-order valence-corrected chi connectivity index (χ2v) is 7.04. The standard InChI is InChI=1S/C18H18N2O2S2/c1-20(18(19)23)10-11-22-17(21)16-12-6-2-4-8-14(12)24-15-9-5-3-7-13(15)16/h2-9,16H,10-11H2,1H3,(H2,19,23). The van der Waals surface area contributed by atoms with Crippen molar-refractivity contribution in [1.82, 2.24) is 4.90 Å². The molecule has 0 bridgehead atoms. The third-order valence-corrected chi connectivity index (χ3v) is 5.46. The Morgan fingerprint density at radius 3 is 2.25 bits per heavy atom. The summed E-state index contributed by atoms with van der Waals surface area (Å²) in [6, 6.07) is 15.9. The summed E-state index contributed by atoms with van der Waals surface area (Å²) < 4.78 is 5.51. The Hall–Kier alpha value is -2.05. The summed E-state index contributed by atoms with van der Waals surface area (Å²) in [5.74, 6) is -0.639. The average Bonchev–Trinajstić information content (AvgIpc) is 2.59. The number of thiocarbonyl (C=S) groups is 1. The van der Waals surface area contributed by atoms with Crippen LogP contribution in [0.1, 0.15) is 17.0 Å². The van der Waals surface area contributed by atoms with Gasteiger partial charge in [-0.1, -0.05) is 48.2 Å². The number of benzene rings is 2. The highest BCUT2D eigenvalue weighted by molar-refractivity contribution is 7.99. The molecule has 2 aromatic carbocycles. The molecule has 2 aromatic rings. The fourth-order valence-electron chi connectivity index (χ4n) is 2.64. The molecule has 0 amide bonds. The van der Waals surface area contributed by atoms with Crippen molar-refractivity contribution in [3.05, 3.63) is 59.7 Å². The number of hydrogen-bond donors (Lipinski definition) is 1. The van der Waals surface area contributed by atoms with Crippen LogP contribution in [0.15, 0.2) is 58.3 Å². The Balaban J connectivity index is 1.82. The topological polar surface area (TPSA) is 55.6 Å². The first-order valence-corrected chi connectivity index (χ1v) is 8.83. The molecule has 1 heterocycles. The van der Waals surface area contributed by atoms with Gasteiger partial charge in [-0.05, 0) is 35.5 Å². The van der Waals surface area contributed by atoms with E-state index in [-0.39, 0.29) is 17.7 Å². The van der Waals surface area contributed by atoms with Gasteiger partial charge in [-0.15, -0.1) is 0 Å². The minimum atomic E-state index is -0.395. The van der Waals surface area contributed by atoms with E-state index in [0.29, 0.717) is 6.54 Å². The van der Waals surface area contributed by atoms with Crippen LogP contribution in [0.3, 0.4) is 0 Å². The largest absolute Gasteiger partial charge is 0.463 e. The summed E-state index contributed by atoms with van der Waals surface area (Å²) in [5, 5.41) is 0.288. The van der Waals surface area contributed by atoms with E-state index in [0.717, 1.165) is 20.9 Å². The zero-order valence-corrected chi connectivity index (χ0v) is 14.9. The van der Waals surface area contributed by atoms with E-state index in [1.165, 1.54) is 0 Å². The van der Waals surface area contributed by atoms with Gasteiger partial charge in [0.25, 0.3) is 0 Å². The van der Waals surface area contributed by atoms with Crippen molar-refractivity contribution in [2.45, 2.75) is 15.7 Å². The predicted octanol–water partition coefficient (Wildman–Crippen LogP) is 3.00. The van der Waals surface area contributed by atoms with E-state index in [2.05, 4.69) is 0 Å². The first-order chi connectivity index (χ1) is 11.6. The van der Waals surface area contributed by atoms with Crippen molar-refractivity contribution in [2.24, 2.45) is 5.73 Å². The van der Waals surface area contributed by atoms with Gasteiger partial charge < -0.3 is 15.4 Å². The van der Waals surface area contributed by atoms with E-state index in [1.54, 1.807) is 23.7 Å². The number of rotatable bonds is 4. The molecular weight excluding hydrogens is 340 g/mol. The molecule has 0 saturated carbocycles. The Labute approximate surface area is 151 Å². The molecule has 24 heavy (non-hydrogen) atoms. The normalized spacial score (nSPS) is 12.9. The van der Waals surface area contributed by atoms with Crippen LogP contribution in [0.2, 0.25) is 0 Å². The van der Waals surface area contributed by atoms with Crippen molar-refractivity contribution < 1.29 is 9.53 Å². The maximum atomic E-state index is 12.8. The number of esters is 1. The maximum Gasteiger partial charge on any atom is 0.318 e. The molecule has 6 heteroatoms. The lowest BCUT2D eigenvalue weighted by atomic mass is 9.91. The highest BCUT2D eigenvalue weighted by atomic mass is 32.2. The highest BCUT2D eigenvalue weighted by Crippen LogP contribution is 2.45. The fourth-order valence-corrected chi connectivity index (χ4v) is 3.87. The predicted molar refractivity (Wildman–Crippen MR) is 99.2 cm³/mol. The molecule has 2 N–H and O–H groups in total. The van der Waals surface area contributed by atoms with Gasteiger partial charge in [-0.25, -0.2) is 0 Å². The zero-order chi connectivity index (χ0) is 17.1. The quantitative estimate of drug-likeness (QED) is 0.670. The van der Waals surface area contributed by atoms with Crippen molar-refractivity contribution in [1.29, 1.82) is 0 Å². The fraction of sp³-hybridized carbons (Fsp3) is 0.222. The number of nitrogens with zero attached hydrogens (tertiary/aromatic N) is 1. The number of hydrogen-bond acceptors (Lipinski definition) is 4. The monoisotopic (exact) mass is 358 g/mol. The van der Waals surface area contributed by atoms with Crippen LogP contribution < -0.4 is 5.73 Å². The second-order valence-electron chi connectivity index (χ2n) is 5.54. The van der Waals surface area contributed by atoms with Crippen molar-refractivity contribution in [3.63, 3.8) is 0 Å². The molecule has 0 fully saturated rings. The van der Waals surface area contributed by atoms with Crippen LogP contribution in [0.5, 0.6) is 0 Å². The molecular formula is C18H18N2O2S2. The van der Waals surface area contributed by atoms with E-state index >= 15 is 0 Å². The van der Waals surface area contributed by atoms with Crippen LogP contribution in [0.25, 0.3) is 0 Å². The maximum absolute atomic E-state index is 12.8. The molecule has 1 aliphatic heterocycles. The van der Waals surface area contributed by atoms with Crippen molar-refractivity contribution >= 4 is 35.1 Å². The summed E-state index contributed by atoms with van der Waals surface area (Å²) in [7, 11) is 1.78. The summed E-state index contributed by atoms with van der Waals surface area (Å²) in [4.78, 5) is 16.6. The zero-order valence-electron chi connectivity index (χ0n) is 13.3. The lowest BCUT2D eigenvalue weighted by molar-refractivity contribution is -0.144. The number of carbonyl (C=O) groups is 1. The molecule has 0 aliphatic carbocycles. The smallest absolute Gasteiger partial charge is 0.318 e. The molecule has 0 radical (unpaired) electrons. The van der Waals surface area contributed by atoms with E-state index in [1.807, 2.05) is 48.5 Å². The molecule has 0 atom stereocenters. The number of likely N-dealkylation sites (N-methyl/N-ethyl adjacent to an activating group) is 1. The minimum Gasteiger partial charge on any atom is -0.463 e. The highest BCUT2D eigenvalue weighted by Gasteiger charge is 2.32. The first kappa shape index (κ1) is 16.8. The van der Waals surface area contributed by atoms with Crippen LogP contribution >= 0.6 is 24.0 Å². The van der Waals surface area contributed by atoms with Gasteiger partial charge in [0.15, 0.2) is 5.11 Å². The first-order valence-electron chi connectivity index (χ1n) is 7.61. The Bertz CT molecular complexity index is 734. The van der Waals surface area contributed by atoms with E-state index in [9.17, 15) is 4.79 Å². The van der Waals surface area contributed by atoms with E-state index in [4.69, 9.17) is 22.7 Å². The summed E-state index contributed by atoms with van der Waals surface area (Å²) >= 11 is 6.57. The lowest BCUT2D eigenvalue weighted by Gasteiger charge is -2.26. The molecule has 124 valence electrons. The van der Waals surface area contributed by atoms with Gasteiger partial charge in [0, 0.05) is 16.8 Å². The van der Waals surface area contributed by atoms with Crippen LogP contribution in [0, 0.1) is 0 Å². The second kappa shape index (κ2) is 7.23. The number of nitrogens with two attached hydrogens (primary N) is 1. The van der Waals surface area contributed by atoms with Crippen LogP contribution in [0.4, 0.5) is 0 Å². The molecule has 0 spiro atoms. The SMILES string of the molecule is CN(CCOC(=O)C1c2ccccc2Sc2ccccc21)C(N)=S. The third kappa shape index (κ3) is 3.39. The van der Waals surface area contributed by atoms with E-state index < -0.39 is 5.92 Å². The molecule has 0 aromatic heterocycles. The van der Waals surface area contributed by atoms with Gasteiger partial charge in [-0.2, -0.15) is 0 Å². The van der Waals surface area contributed by atoms with Crippen molar-refractivity contribution in [3.8, 4) is 0 Å². The van der Waals surface area contributed by atoms with Crippen LogP contribution in [-0.4, -0.2) is 36.2 Å².